The van der Waals surface area contributed by atoms with Gasteiger partial charge in [0.1, 0.15) is 12.1 Å². The second-order valence-electron chi connectivity index (χ2n) is 14.1. The topological polar surface area (TPSA) is 155 Å². The van der Waals surface area contributed by atoms with Gasteiger partial charge < -0.3 is 25.2 Å². The molecule has 306 valence electrons. The Morgan fingerprint density at radius 1 is 0.615 bits per heavy atom. The molecular weight excluding hydrogens is 681 g/mol. The van der Waals surface area contributed by atoms with E-state index in [-0.39, 0.29) is 13.0 Å². The first-order valence-electron chi connectivity index (χ1n) is 20.9. The maximum absolute atomic E-state index is 12.6. The Morgan fingerprint density at radius 2 is 1.06 bits per heavy atom. The van der Waals surface area contributed by atoms with Gasteiger partial charge in [0.2, 0.25) is 0 Å². The van der Waals surface area contributed by atoms with Gasteiger partial charge in [0.25, 0.3) is 0 Å². The molecule has 3 atom stereocenters. The van der Waals surface area contributed by atoms with Crippen LogP contribution >= 0.6 is 7.82 Å². The predicted octanol–water partition coefficient (Wildman–Crippen LogP) is 11.1. The number of aliphatic carboxylic acids is 1. The standard InChI is InChI=1S/C41H78NO9P/c1-3-5-7-9-11-13-15-16-17-18-19-20-21-22-23-25-27-29-31-33-40(43)51-38(36-49-52(46,47)50-37-39(42)41(44)45)35-48-34-32-30-28-26-24-14-12-10-8-6-4-2/h11,13,16-17,38-39H,3-10,12,14-15,18-37,42H2,1-2H3,(H,44,45)(H,46,47)/b13-11-,17-16-. The van der Waals surface area contributed by atoms with Crippen molar-refractivity contribution in [3.05, 3.63) is 24.3 Å². The molecule has 3 unspecified atom stereocenters. The van der Waals surface area contributed by atoms with Crippen molar-refractivity contribution >= 4 is 19.8 Å². The average molecular weight is 760 g/mol. The molecule has 0 saturated heterocycles. The van der Waals surface area contributed by atoms with Gasteiger partial charge in [-0.2, -0.15) is 0 Å². The van der Waals surface area contributed by atoms with Crippen molar-refractivity contribution < 1.29 is 42.7 Å². The second kappa shape index (κ2) is 37.8. The number of carbonyl (C=O) groups excluding carboxylic acids is 1. The molecule has 0 rings (SSSR count). The molecule has 0 aliphatic carbocycles. The second-order valence-corrected chi connectivity index (χ2v) is 15.6. The summed E-state index contributed by atoms with van der Waals surface area (Å²) < 4.78 is 33.3. The molecule has 11 heteroatoms. The summed E-state index contributed by atoms with van der Waals surface area (Å²) >= 11 is 0. The fourth-order valence-electron chi connectivity index (χ4n) is 5.69. The summed E-state index contributed by atoms with van der Waals surface area (Å²) in [5, 5.41) is 8.87. The number of phosphoric acid groups is 1. The van der Waals surface area contributed by atoms with Crippen LogP contribution in [0.3, 0.4) is 0 Å². The summed E-state index contributed by atoms with van der Waals surface area (Å²) in [6.07, 6.45) is 39.4. The van der Waals surface area contributed by atoms with E-state index >= 15 is 0 Å². The molecule has 0 aromatic carbocycles. The Labute approximate surface area is 317 Å². The van der Waals surface area contributed by atoms with Crippen LogP contribution in [0.25, 0.3) is 0 Å². The highest BCUT2D eigenvalue weighted by molar-refractivity contribution is 7.47. The molecular formula is C41H78NO9P. The fraction of sp³-hybridized carbons (Fsp3) is 0.854. The number of carboxylic acids is 1. The number of nitrogens with two attached hydrogens (primary N) is 1. The van der Waals surface area contributed by atoms with Crippen molar-refractivity contribution in [2.75, 3.05) is 26.4 Å². The number of carbonyl (C=O) groups is 2. The minimum atomic E-state index is -4.61. The van der Waals surface area contributed by atoms with Crippen LogP contribution in [0.1, 0.15) is 187 Å². The van der Waals surface area contributed by atoms with Gasteiger partial charge in [-0.05, 0) is 44.9 Å². The van der Waals surface area contributed by atoms with Gasteiger partial charge in [0.15, 0.2) is 0 Å². The van der Waals surface area contributed by atoms with E-state index in [9.17, 15) is 19.0 Å². The Bertz CT molecular complexity index is 930. The lowest BCUT2D eigenvalue weighted by molar-refractivity contribution is -0.154. The quantitative estimate of drug-likeness (QED) is 0.0238. The first kappa shape index (κ1) is 50.5. The number of phosphoric ester groups is 1. The number of esters is 1. The molecule has 0 aromatic heterocycles. The van der Waals surface area contributed by atoms with Gasteiger partial charge in [-0.1, -0.05) is 160 Å². The predicted molar refractivity (Wildman–Crippen MR) is 212 cm³/mol. The molecule has 52 heavy (non-hydrogen) atoms. The van der Waals surface area contributed by atoms with E-state index in [2.05, 4.69) is 38.2 Å². The highest BCUT2D eigenvalue weighted by Crippen LogP contribution is 2.43. The van der Waals surface area contributed by atoms with Crippen molar-refractivity contribution in [2.45, 2.75) is 199 Å². The molecule has 0 radical (unpaired) electrons. The maximum Gasteiger partial charge on any atom is 0.472 e. The molecule has 0 aliphatic rings. The van der Waals surface area contributed by atoms with Crippen LogP contribution in [0.2, 0.25) is 0 Å². The van der Waals surface area contributed by atoms with Crippen LogP contribution in [0.4, 0.5) is 0 Å². The van der Waals surface area contributed by atoms with Crippen molar-refractivity contribution in [3.63, 3.8) is 0 Å². The minimum absolute atomic E-state index is 0.0188. The molecule has 0 bridgehead atoms. The first-order chi connectivity index (χ1) is 25.2. The van der Waals surface area contributed by atoms with Gasteiger partial charge in [-0.25, -0.2) is 4.57 Å². The van der Waals surface area contributed by atoms with Gasteiger partial charge in [-0.15, -0.1) is 0 Å². The lowest BCUT2D eigenvalue weighted by Crippen LogP contribution is -2.34. The molecule has 0 fully saturated rings. The monoisotopic (exact) mass is 760 g/mol. The zero-order valence-corrected chi connectivity index (χ0v) is 34.1. The molecule has 0 spiro atoms. The molecule has 0 aliphatic heterocycles. The summed E-state index contributed by atoms with van der Waals surface area (Å²) in [6, 6.07) is -1.47. The maximum atomic E-state index is 12.6. The third-order valence-electron chi connectivity index (χ3n) is 8.98. The Kier molecular flexibility index (Phi) is 36.6. The molecule has 4 N–H and O–H groups in total. The van der Waals surface area contributed by atoms with Crippen LogP contribution in [0, 0.1) is 0 Å². The summed E-state index contributed by atoms with van der Waals surface area (Å²) in [4.78, 5) is 33.5. The van der Waals surface area contributed by atoms with Gasteiger partial charge in [0, 0.05) is 13.0 Å². The van der Waals surface area contributed by atoms with Crippen molar-refractivity contribution in [3.8, 4) is 0 Å². The van der Waals surface area contributed by atoms with Gasteiger partial charge >= 0.3 is 19.8 Å². The first-order valence-corrected chi connectivity index (χ1v) is 22.4. The third kappa shape index (κ3) is 36.8. The smallest absolute Gasteiger partial charge is 0.472 e. The lowest BCUT2D eigenvalue weighted by Gasteiger charge is -2.20. The largest absolute Gasteiger partial charge is 0.480 e. The Hall–Kier alpha value is -1.55. The summed E-state index contributed by atoms with van der Waals surface area (Å²) in [5.41, 5.74) is 5.34. The summed E-state index contributed by atoms with van der Waals surface area (Å²) in [6.45, 7) is 3.86. The van der Waals surface area contributed by atoms with E-state index in [0.29, 0.717) is 13.0 Å². The lowest BCUT2D eigenvalue weighted by atomic mass is 10.1. The van der Waals surface area contributed by atoms with Gasteiger partial charge in [0.05, 0.1) is 19.8 Å². The van der Waals surface area contributed by atoms with Crippen LogP contribution in [0.15, 0.2) is 24.3 Å². The van der Waals surface area contributed by atoms with E-state index in [1.807, 2.05) is 0 Å². The fourth-order valence-corrected chi connectivity index (χ4v) is 6.47. The van der Waals surface area contributed by atoms with Crippen LogP contribution in [-0.2, 0) is 32.7 Å². The number of hydrogen-bond donors (Lipinski definition) is 3. The Morgan fingerprint density at radius 3 is 1.60 bits per heavy atom. The number of unbranched alkanes of at least 4 members (excludes halogenated alkanes) is 22. The molecule has 0 saturated carbocycles. The van der Waals surface area contributed by atoms with Crippen molar-refractivity contribution in [2.24, 2.45) is 5.73 Å². The van der Waals surface area contributed by atoms with Gasteiger partial charge in [-0.3, -0.25) is 18.6 Å². The average Bonchev–Trinajstić information content (AvgIpc) is 3.12. The van der Waals surface area contributed by atoms with E-state index in [1.54, 1.807) is 0 Å². The van der Waals surface area contributed by atoms with Crippen LogP contribution in [0.5, 0.6) is 0 Å². The highest BCUT2D eigenvalue weighted by Gasteiger charge is 2.27. The molecule has 10 nitrogen and oxygen atoms in total. The molecule has 0 amide bonds. The number of rotatable bonds is 40. The molecule has 0 heterocycles. The summed E-state index contributed by atoms with van der Waals surface area (Å²) in [7, 11) is -4.61. The van der Waals surface area contributed by atoms with Crippen LogP contribution in [-0.4, -0.2) is 60.5 Å². The number of allylic oxidation sites excluding steroid dienone is 4. The normalized spacial score (nSPS) is 14.2. The minimum Gasteiger partial charge on any atom is -0.480 e. The van der Waals surface area contributed by atoms with Crippen molar-refractivity contribution in [1.29, 1.82) is 0 Å². The molecule has 0 aromatic rings. The van der Waals surface area contributed by atoms with E-state index < -0.39 is 45.1 Å². The van der Waals surface area contributed by atoms with E-state index in [0.717, 1.165) is 51.4 Å². The summed E-state index contributed by atoms with van der Waals surface area (Å²) in [5.74, 6) is -1.78. The number of ether oxygens (including phenoxy) is 2. The van der Waals surface area contributed by atoms with E-state index in [1.165, 1.54) is 109 Å². The van der Waals surface area contributed by atoms with E-state index in [4.69, 9.17) is 29.4 Å². The third-order valence-corrected chi connectivity index (χ3v) is 9.93. The SMILES string of the molecule is CCCCC/C=C\C/C=C\CCCCCCCCCCCC(=O)OC(COCCCCCCCCCCCCC)COP(=O)(O)OCC(N)C(=O)O. The zero-order chi connectivity index (χ0) is 38.4. The zero-order valence-electron chi connectivity index (χ0n) is 33.2. The van der Waals surface area contributed by atoms with Crippen molar-refractivity contribution in [1.82, 2.24) is 0 Å². The number of hydrogen-bond acceptors (Lipinski definition) is 8. The number of carboxylic acid groups (broad SMARTS) is 1. The Balaban J connectivity index is 4.21. The highest BCUT2D eigenvalue weighted by atomic mass is 31.2. The van der Waals surface area contributed by atoms with Crippen LogP contribution < -0.4 is 5.73 Å².